The van der Waals surface area contributed by atoms with Crippen LogP contribution in [0.1, 0.15) is 5.69 Å². The van der Waals surface area contributed by atoms with Gasteiger partial charge in [0.05, 0.1) is 11.4 Å². The smallest absolute Gasteiger partial charge is 0.308 e. The molecule has 0 saturated heterocycles. The van der Waals surface area contributed by atoms with Crippen molar-refractivity contribution in [3.63, 3.8) is 0 Å². The number of amides is 2. The quantitative estimate of drug-likeness (QED) is 0.552. The fourth-order valence-corrected chi connectivity index (χ4v) is 2.90. The number of aromatic nitrogens is 2. The minimum Gasteiger partial charge on any atom is -0.308 e. The normalized spacial score (nSPS) is 10.7. The SMILES string of the molecule is Cc1cc(NC(=O)Nc2ccc3ccccc3c2)n(-c2ccccc2)n1. The second-order valence-corrected chi connectivity index (χ2v) is 6.06. The summed E-state index contributed by atoms with van der Waals surface area (Å²) < 4.78 is 1.72. The van der Waals surface area contributed by atoms with Gasteiger partial charge in [-0.05, 0) is 42.0 Å². The Morgan fingerprint density at radius 3 is 2.38 bits per heavy atom. The van der Waals surface area contributed by atoms with E-state index in [1.165, 1.54) is 0 Å². The van der Waals surface area contributed by atoms with Crippen molar-refractivity contribution < 1.29 is 4.79 Å². The summed E-state index contributed by atoms with van der Waals surface area (Å²) in [6.45, 7) is 1.89. The molecule has 0 atom stereocenters. The van der Waals surface area contributed by atoms with E-state index in [0.717, 1.165) is 27.8 Å². The highest BCUT2D eigenvalue weighted by molar-refractivity contribution is 6.00. The van der Waals surface area contributed by atoms with Crippen LogP contribution < -0.4 is 10.6 Å². The summed E-state index contributed by atoms with van der Waals surface area (Å²) in [5.74, 6) is 0.618. The van der Waals surface area contributed by atoms with Crippen molar-refractivity contribution in [2.24, 2.45) is 0 Å². The molecule has 5 heteroatoms. The van der Waals surface area contributed by atoms with Crippen molar-refractivity contribution in [1.82, 2.24) is 9.78 Å². The summed E-state index contributed by atoms with van der Waals surface area (Å²) in [6.07, 6.45) is 0. The van der Waals surface area contributed by atoms with Crippen molar-refractivity contribution in [2.75, 3.05) is 10.6 Å². The molecule has 0 aliphatic carbocycles. The molecule has 4 rings (SSSR count). The van der Waals surface area contributed by atoms with E-state index in [9.17, 15) is 4.79 Å². The van der Waals surface area contributed by atoms with E-state index in [1.807, 2.05) is 85.8 Å². The van der Waals surface area contributed by atoms with Crippen molar-refractivity contribution in [1.29, 1.82) is 0 Å². The molecule has 1 aromatic heterocycles. The average molecular weight is 342 g/mol. The van der Waals surface area contributed by atoms with E-state index in [-0.39, 0.29) is 6.03 Å². The number of aryl methyl sites for hydroxylation is 1. The Kier molecular flexibility index (Phi) is 4.11. The first-order chi connectivity index (χ1) is 12.7. The summed E-state index contributed by atoms with van der Waals surface area (Å²) in [6, 6.07) is 25.1. The molecule has 3 aromatic carbocycles. The minimum atomic E-state index is -0.308. The number of hydrogen-bond donors (Lipinski definition) is 2. The fourth-order valence-electron chi connectivity index (χ4n) is 2.90. The summed E-state index contributed by atoms with van der Waals surface area (Å²) >= 11 is 0. The van der Waals surface area contributed by atoms with Gasteiger partial charge in [-0.15, -0.1) is 0 Å². The topological polar surface area (TPSA) is 59.0 Å². The van der Waals surface area contributed by atoms with Crippen LogP contribution in [0.15, 0.2) is 78.9 Å². The molecule has 4 aromatic rings. The van der Waals surface area contributed by atoms with Crippen LogP contribution in [0.5, 0.6) is 0 Å². The molecular weight excluding hydrogens is 324 g/mol. The Balaban J connectivity index is 1.55. The number of hydrogen-bond acceptors (Lipinski definition) is 2. The van der Waals surface area contributed by atoms with Crippen LogP contribution in [-0.2, 0) is 0 Å². The van der Waals surface area contributed by atoms with E-state index in [4.69, 9.17) is 0 Å². The number of carbonyl (C=O) groups is 1. The van der Waals surface area contributed by atoms with Crippen LogP contribution in [0.3, 0.4) is 0 Å². The van der Waals surface area contributed by atoms with Crippen LogP contribution in [0.2, 0.25) is 0 Å². The lowest BCUT2D eigenvalue weighted by molar-refractivity contribution is 0.262. The van der Waals surface area contributed by atoms with Crippen molar-refractivity contribution in [3.05, 3.63) is 84.6 Å². The molecule has 0 bridgehead atoms. The van der Waals surface area contributed by atoms with E-state index >= 15 is 0 Å². The lowest BCUT2D eigenvalue weighted by Gasteiger charge is -2.10. The molecule has 0 fully saturated rings. The predicted octanol–water partition coefficient (Wildman–Crippen LogP) is 4.98. The molecular formula is C21H18N4O. The van der Waals surface area contributed by atoms with Crippen LogP contribution in [-0.4, -0.2) is 15.8 Å². The molecule has 0 radical (unpaired) electrons. The van der Waals surface area contributed by atoms with E-state index in [1.54, 1.807) is 4.68 Å². The third-order valence-electron chi connectivity index (χ3n) is 4.08. The molecule has 1 heterocycles. The van der Waals surface area contributed by atoms with Crippen molar-refractivity contribution >= 4 is 28.3 Å². The second-order valence-electron chi connectivity index (χ2n) is 6.06. The van der Waals surface area contributed by atoms with E-state index in [0.29, 0.717) is 5.82 Å². The molecule has 0 saturated carbocycles. The van der Waals surface area contributed by atoms with Gasteiger partial charge in [0.2, 0.25) is 0 Å². The van der Waals surface area contributed by atoms with Gasteiger partial charge in [-0.1, -0.05) is 48.5 Å². The number of fused-ring (bicyclic) bond motifs is 1. The molecule has 0 aliphatic heterocycles. The average Bonchev–Trinajstić information content (AvgIpc) is 3.02. The van der Waals surface area contributed by atoms with Gasteiger partial charge in [-0.3, -0.25) is 5.32 Å². The standard InChI is InChI=1S/C21H18N4O/c1-15-13-20(25(24-15)19-9-3-2-4-10-19)23-21(26)22-18-12-11-16-7-5-6-8-17(16)14-18/h2-14H,1H3,(H2,22,23,26). The number of benzene rings is 3. The minimum absolute atomic E-state index is 0.308. The lowest BCUT2D eigenvalue weighted by Crippen LogP contribution is -2.21. The Hall–Kier alpha value is -3.60. The van der Waals surface area contributed by atoms with Gasteiger partial charge in [-0.2, -0.15) is 5.10 Å². The van der Waals surface area contributed by atoms with Gasteiger partial charge in [-0.25, -0.2) is 9.48 Å². The lowest BCUT2D eigenvalue weighted by atomic mass is 10.1. The number of urea groups is 1. The van der Waals surface area contributed by atoms with Gasteiger partial charge < -0.3 is 5.32 Å². The van der Waals surface area contributed by atoms with Gasteiger partial charge in [0.1, 0.15) is 5.82 Å². The molecule has 0 aliphatic rings. The van der Waals surface area contributed by atoms with Gasteiger partial charge in [0, 0.05) is 11.8 Å². The zero-order valence-corrected chi connectivity index (χ0v) is 14.3. The van der Waals surface area contributed by atoms with Crippen LogP contribution >= 0.6 is 0 Å². The number of carbonyl (C=O) groups excluding carboxylic acids is 1. The summed E-state index contributed by atoms with van der Waals surface area (Å²) in [7, 11) is 0. The van der Waals surface area contributed by atoms with Gasteiger partial charge in [0.25, 0.3) is 0 Å². The monoisotopic (exact) mass is 342 g/mol. The second kappa shape index (κ2) is 6.72. The molecule has 128 valence electrons. The summed E-state index contributed by atoms with van der Waals surface area (Å²) in [5, 5.41) is 12.4. The molecule has 2 amide bonds. The molecule has 0 unspecified atom stereocenters. The Labute approximate surface area is 151 Å². The number of nitrogens with one attached hydrogen (secondary N) is 2. The zero-order valence-electron chi connectivity index (χ0n) is 14.3. The van der Waals surface area contributed by atoms with Crippen LogP contribution in [0, 0.1) is 6.92 Å². The maximum atomic E-state index is 12.4. The first kappa shape index (κ1) is 15.9. The van der Waals surface area contributed by atoms with Crippen LogP contribution in [0.25, 0.3) is 16.5 Å². The fraction of sp³-hybridized carbons (Fsp3) is 0.0476. The largest absolute Gasteiger partial charge is 0.324 e. The Bertz CT molecular complexity index is 1070. The number of rotatable bonds is 3. The number of anilines is 2. The number of nitrogens with zero attached hydrogens (tertiary/aromatic N) is 2. The summed E-state index contributed by atoms with van der Waals surface area (Å²) in [4.78, 5) is 12.4. The highest BCUT2D eigenvalue weighted by Gasteiger charge is 2.11. The number of para-hydroxylation sites is 1. The first-order valence-electron chi connectivity index (χ1n) is 8.38. The maximum Gasteiger partial charge on any atom is 0.324 e. The maximum absolute atomic E-state index is 12.4. The highest BCUT2D eigenvalue weighted by atomic mass is 16.2. The van der Waals surface area contributed by atoms with Crippen molar-refractivity contribution in [3.8, 4) is 5.69 Å². The highest BCUT2D eigenvalue weighted by Crippen LogP contribution is 2.20. The third kappa shape index (κ3) is 3.28. The molecule has 5 nitrogen and oxygen atoms in total. The van der Waals surface area contributed by atoms with Crippen LogP contribution in [0.4, 0.5) is 16.3 Å². The Morgan fingerprint density at radius 2 is 1.58 bits per heavy atom. The molecule has 2 N–H and O–H groups in total. The van der Waals surface area contributed by atoms with E-state index < -0.39 is 0 Å². The zero-order chi connectivity index (χ0) is 17.9. The van der Waals surface area contributed by atoms with E-state index in [2.05, 4.69) is 15.7 Å². The molecule has 26 heavy (non-hydrogen) atoms. The van der Waals surface area contributed by atoms with Gasteiger partial charge in [0.15, 0.2) is 0 Å². The molecule has 0 spiro atoms. The summed E-state index contributed by atoms with van der Waals surface area (Å²) in [5.41, 5.74) is 2.46. The predicted molar refractivity (Wildman–Crippen MR) is 105 cm³/mol. The first-order valence-corrected chi connectivity index (χ1v) is 8.38. The van der Waals surface area contributed by atoms with Crippen molar-refractivity contribution in [2.45, 2.75) is 6.92 Å². The third-order valence-corrected chi connectivity index (χ3v) is 4.08. The van der Waals surface area contributed by atoms with Gasteiger partial charge >= 0.3 is 6.03 Å². The Morgan fingerprint density at radius 1 is 0.846 bits per heavy atom.